The number of carbonyl (C=O) groups is 4. The minimum absolute atomic E-state index is 0.0684. The van der Waals surface area contributed by atoms with Crippen molar-refractivity contribution in [3.63, 3.8) is 0 Å². The van der Waals surface area contributed by atoms with Gasteiger partial charge in [0.05, 0.1) is 36.3 Å². The van der Waals surface area contributed by atoms with Gasteiger partial charge in [-0.15, -0.1) is 0 Å². The second-order valence-electron chi connectivity index (χ2n) is 8.33. The number of hydrogen-bond donors (Lipinski definition) is 4. The van der Waals surface area contributed by atoms with E-state index in [-0.39, 0.29) is 34.0 Å². The van der Waals surface area contributed by atoms with Crippen LogP contribution in [0.5, 0.6) is 11.5 Å². The zero-order chi connectivity index (χ0) is 28.1. The molecule has 38 heavy (non-hydrogen) atoms. The molecule has 0 spiro atoms. The summed E-state index contributed by atoms with van der Waals surface area (Å²) >= 11 is 12.2. The third-order valence-corrected chi connectivity index (χ3v) is 6.54. The highest BCUT2D eigenvalue weighted by Gasteiger charge is 2.31. The van der Waals surface area contributed by atoms with E-state index >= 15 is 0 Å². The Morgan fingerprint density at radius 3 is 2.08 bits per heavy atom. The average molecular weight is 563 g/mol. The minimum Gasteiger partial charge on any atom is -0.496 e. The number of halogens is 2. The van der Waals surface area contributed by atoms with E-state index < -0.39 is 35.7 Å². The second kappa shape index (κ2) is 12.0. The zero-order valence-electron chi connectivity index (χ0n) is 20.3. The molecule has 10 nitrogen and oxygen atoms in total. The number of allylic oxidation sites excluding steroid dienone is 1. The molecule has 0 aliphatic heterocycles. The number of nitrogens with one attached hydrogen (secondary N) is 1. The molecule has 1 aliphatic rings. The predicted octanol–water partition coefficient (Wildman–Crippen LogP) is 3.30. The van der Waals surface area contributed by atoms with E-state index in [1.54, 1.807) is 24.3 Å². The van der Waals surface area contributed by atoms with Crippen LogP contribution < -0.4 is 20.5 Å². The molecule has 2 aromatic carbocycles. The van der Waals surface area contributed by atoms with Crippen molar-refractivity contribution >= 4 is 47.0 Å². The first-order chi connectivity index (χ1) is 18.0. The molecule has 0 radical (unpaired) electrons. The molecule has 0 saturated heterocycles. The molecule has 0 fully saturated rings. The Balaban J connectivity index is 1.83. The molecule has 1 aliphatic carbocycles. The number of rotatable bonds is 10. The fraction of sp³-hybridized carbons (Fsp3) is 0.231. The first-order valence-corrected chi connectivity index (χ1v) is 11.9. The Morgan fingerprint density at radius 1 is 1.05 bits per heavy atom. The van der Waals surface area contributed by atoms with Crippen molar-refractivity contribution < 1.29 is 38.9 Å². The number of aliphatic carboxylic acids is 2. The molecule has 0 aromatic heterocycles. The Kier molecular flexibility index (Phi) is 9.03. The number of carboxylic acids is 2. The zero-order valence-corrected chi connectivity index (χ0v) is 21.8. The number of amides is 2. The van der Waals surface area contributed by atoms with Crippen LogP contribution in [-0.4, -0.2) is 54.2 Å². The number of methoxy groups -OCH3 is 2. The van der Waals surface area contributed by atoms with E-state index in [1.165, 1.54) is 32.4 Å². The smallest absolute Gasteiger partial charge is 0.326 e. The Hall–Kier alpha value is -4.02. The Labute approximate surface area is 227 Å². The van der Waals surface area contributed by atoms with Gasteiger partial charge in [-0.1, -0.05) is 53.5 Å². The largest absolute Gasteiger partial charge is 0.496 e. The van der Waals surface area contributed by atoms with Crippen LogP contribution >= 0.6 is 23.2 Å². The van der Waals surface area contributed by atoms with Crippen molar-refractivity contribution in [1.82, 2.24) is 5.32 Å². The summed E-state index contributed by atoms with van der Waals surface area (Å²) in [5, 5.41) is 21.1. The summed E-state index contributed by atoms with van der Waals surface area (Å²) in [4.78, 5) is 47.6. The van der Waals surface area contributed by atoms with Gasteiger partial charge in [-0.3, -0.25) is 14.4 Å². The number of hydrogen-bond acceptors (Lipinski definition) is 6. The average Bonchev–Trinajstić information content (AvgIpc) is 2.87. The van der Waals surface area contributed by atoms with Crippen molar-refractivity contribution in [2.24, 2.45) is 11.7 Å². The third kappa shape index (κ3) is 6.27. The lowest BCUT2D eigenvalue weighted by molar-refractivity contribution is -0.141. The van der Waals surface area contributed by atoms with Gasteiger partial charge in [-0.05, 0) is 23.3 Å². The molecule has 5 N–H and O–H groups in total. The van der Waals surface area contributed by atoms with Gasteiger partial charge in [0.1, 0.15) is 17.5 Å². The molecule has 2 amide bonds. The van der Waals surface area contributed by atoms with Crippen molar-refractivity contribution in [3.05, 3.63) is 69.2 Å². The van der Waals surface area contributed by atoms with Crippen LogP contribution in [0.4, 0.5) is 0 Å². The third-order valence-electron chi connectivity index (χ3n) is 5.88. The topological polar surface area (TPSA) is 165 Å². The molecule has 0 saturated carbocycles. The van der Waals surface area contributed by atoms with Gasteiger partial charge >= 0.3 is 11.9 Å². The molecule has 2 atom stereocenters. The number of carboxylic acid groups (broad SMARTS) is 2. The van der Waals surface area contributed by atoms with E-state index in [9.17, 15) is 29.4 Å². The van der Waals surface area contributed by atoms with Crippen LogP contribution in [0.1, 0.15) is 22.3 Å². The maximum atomic E-state index is 12.8. The van der Waals surface area contributed by atoms with Crippen LogP contribution in [0, 0.1) is 5.92 Å². The summed E-state index contributed by atoms with van der Waals surface area (Å²) in [5.41, 5.74) is 7.25. The maximum absolute atomic E-state index is 12.8. The number of benzene rings is 2. The van der Waals surface area contributed by atoms with Crippen LogP contribution in [0.3, 0.4) is 0 Å². The maximum Gasteiger partial charge on any atom is 0.326 e. The first-order valence-electron chi connectivity index (χ1n) is 11.1. The summed E-state index contributed by atoms with van der Waals surface area (Å²) in [6.07, 6.45) is 0.986. The van der Waals surface area contributed by atoms with Crippen molar-refractivity contribution in [2.75, 3.05) is 14.2 Å². The van der Waals surface area contributed by atoms with Crippen molar-refractivity contribution in [1.29, 1.82) is 0 Å². The predicted molar refractivity (Wildman–Crippen MR) is 139 cm³/mol. The number of nitrogens with two attached hydrogens (primary N) is 1. The van der Waals surface area contributed by atoms with Gasteiger partial charge in [-0.2, -0.15) is 0 Å². The number of carbonyl (C=O) groups excluding carboxylic acids is 2. The van der Waals surface area contributed by atoms with Crippen LogP contribution in [0.2, 0.25) is 0 Å². The molecule has 2 aromatic rings. The lowest BCUT2D eigenvalue weighted by Crippen LogP contribution is -2.43. The van der Waals surface area contributed by atoms with E-state index in [0.29, 0.717) is 28.2 Å². The minimum atomic E-state index is -1.33. The molecule has 3 rings (SSSR count). The first kappa shape index (κ1) is 28.5. The van der Waals surface area contributed by atoms with Gasteiger partial charge in [-0.25, -0.2) is 4.79 Å². The summed E-state index contributed by atoms with van der Waals surface area (Å²) in [6, 6.07) is 8.44. The SMILES string of the molecule is COc1cc(C(N)=O)cc(OC)c1-c1ccc(C[C@H](NC(=O)C2=C(Cl)CC(C(=O)O)C=C2Cl)C(=O)O)cc1. The van der Waals surface area contributed by atoms with E-state index in [2.05, 4.69) is 5.32 Å². The summed E-state index contributed by atoms with van der Waals surface area (Å²) in [5.74, 6) is -4.18. The molecular formula is C26H24Cl2N2O8. The highest BCUT2D eigenvalue weighted by atomic mass is 35.5. The lowest BCUT2D eigenvalue weighted by Gasteiger charge is -2.21. The quantitative estimate of drug-likeness (QED) is 0.342. The highest BCUT2D eigenvalue weighted by molar-refractivity contribution is 6.40. The van der Waals surface area contributed by atoms with Gasteiger partial charge in [0, 0.05) is 23.4 Å². The summed E-state index contributed by atoms with van der Waals surface area (Å²) < 4.78 is 10.8. The van der Waals surface area contributed by atoms with E-state index in [1.807, 2.05) is 0 Å². The Bertz CT molecular complexity index is 1330. The Morgan fingerprint density at radius 2 is 1.63 bits per heavy atom. The van der Waals surface area contributed by atoms with Crippen LogP contribution in [0.15, 0.2) is 58.1 Å². The van der Waals surface area contributed by atoms with E-state index in [4.69, 9.17) is 38.4 Å². The van der Waals surface area contributed by atoms with E-state index in [0.717, 1.165) is 0 Å². The number of primary amides is 1. The monoisotopic (exact) mass is 562 g/mol. The van der Waals surface area contributed by atoms with Gasteiger partial charge in [0.15, 0.2) is 0 Å². The standard InChI is InChI=1S/C26H24Cl2N2O8/c1-37-19-10-14(23(29)31)11-20(38-2)21(19)13-5-3-12(4-6-13)7-18(26(35)36)30-24(32)22-16(27)8-15(25(33)34)9-17(22)28/h3-6,8,10-11,15,18H,7,9H2,1-2H3,(H2,29,31)(H,30,32)(H,33,34)(H,35,36)/t15?,18-/m0/s1. The molecule has 0 bridgehead atoms. The summed E-state index contributed by atoms with van der Waals surface area (Å²) in [6.45, 7) is 0. The van der Waals surface area contributed by atoms with Crippen molar-refractivity contribution in [2.45, 2.75) is 18.9 Å². The normalized spacial score (nSPS) is 15.8. The number of ether oxygens (including phenoxy) is 2. The highest BCUT2D eigenvalue weighted by Crippen LogP contribution is 2.40. The van der Waals surface area contributed by atoms with Crippen LogP contribution in [-0.2, 0) is 20.8 Å². The van der Waals surface area contributed by atoms with Gasteiger partial charge < -0.3 is 30.7 Å². The second-order valence-corrected chi connectivity index (χ2v) is 9.19. The van der Waals surface area contributed by atoms with Gasteiger partial charge in [0.2, 0.25) is 5.91 Å². The lowest BCUT2D eigenvalue weighted by atomic mass is 9.95. The van der Waals surface area contributed by atoms with Crippen molar-refractivity contribution in [3.8, 4) is 22.6 Å². The fourth-order valence-corrected chi connectivity index (χ4v) is 4.70. The molecule has 0 heterocycles. The summed E-state index contributed by atoms with van der Waals surface area (Å²) in [7, 11) is 2.88. The molecule has 12 heteroatoms. The van der Waals surface area contributed by atoms with Crippen LogP contribution in [0.25, 0.3) is 11.1 Å². The fourth-order valence-electron chi connectivity index (χ4n) is 3.95. The van der Waals surface area contributed by atoms with Gasteiger partial charge in [0.25, 0.3) is 5.91 Å². The molecule has 1 unspecified atom stereocenters. The molecular weight excluding hydrogens is 539 g/mol. The molecule has 200 valence electrons.